The molecule has 1 aliphatic heterocycles. The second-order valence-corrected chi connectivity index (χ2v) is 3.96. The first-order valence-electron chi connectivity index (χ1n) is 5.14. The highest BCUT2D eigenvalue weighted by Gasteiger charge is 2.20. The molecule has 14 heavy (non-hydrogen) atoms. The first kappa shape index (κ1) is 9.46. The highest BCUT2D eigenvalue weighted by Crippen LogP contribution is 2.28. The van der Waals surface area contributed by atoms with E-state index in [0.717, 1.165) is 12.4 Å². The number of rotatable bonds is 2. The molecule has 1 saturated heterocycles. The lowest BCUT2D eigenvalue weighted by atomic mass is 10.1. The van der Waals surface area contributed by atoms with Crippen LogP contribution in [0.4, 0.5) is 5.82 Å². The third-order valence-electron chi connectivity index (χ3n) is 2.68. The average molecular weight is 191 g/mol. The summed E-state index contributed by atoms with van der Waals surface area (Å²) in [5, 5.41) is 3.50. The van der Waals surface area contributed by atoms with Crippen molar-refractivity contribution in [2.24, 2.45) is 0 Å². The van der Waals surface area contributed by atoms with Crippen molar-refractivity contribution in [1.29, 1.82) is 0 Å². The second kappa shape index (κ2) is 3.96. The summed E-state index contributed by atoms with van der Waals surface area (Å²) in [5.41, 5.74) is 1.33. The van der Waals surface area contributed by atoms with Crippen LogP contribution in [0.1, 0.15) is 24.4 Å². The van der Waals surface area contributed by atoms with Crippen LogP contribution in [0.2, 0.25) is 0 Å². The molecule has 0 amide bonds. The van der Waals surface area contributed by atoms with E-state index in [1.54, 1.807) is 0 Å². The summed E-state index contributed by atoms with van der Waals surface area (Å²) in [6, 6.07) is 4.69. The molecule has 3 nitrogen and oxygen atoms in total. The van der Waals surface area contributed by atoms with Crippen molar-refractivity contribution in [3.05, 3.63) is 23.9 Å². The Morgan fingerprint density at radius 3 is 3.00 bits per heavy atom. The zero-order chi connectivity index (χ0) is 9.97. The van der Waals surface area contributed by atoms with Gasteiger partial charge in [0.05, 0.1) is 0 Å². The zero-order valence-corrected chi connectivity index (χ0v) is 8.83. The molecule has 0 aliphatic carbocycles. The highest BCUT2D eigenvalue weighted by atomic mass is 15.1. The van der Waals surface area contributed by atoms with Gasteiger partial charge in [-0.05, 0) is 25.5 Å². The molecule has 1 aromatic heterocycles. The molecule has 1 unspecified atom stereocenters. The summed E-state index contributed by atoms with van der Waals surface area (Å²) in [6.07, 6.45) is 4.35. The van der Waals surface area contributed by atoms with Gasteiger partial charge in [0.25, 0.3) is 0 Å². The Hall–Kier alpha value is -1.09. The molecule has 1 aromatic rings. The van der Waals surface area contributed by atoms with Gasteiger partial charge >= 0.3 is 0 Å². The van der Waals surface area contributed by atoms with Crippen LogP contribution in [0, 0.1) is 0 Å². The molecular weight excluding hydrogens is 174 g/mol. The Labute approximate surface area is 85.1 Å². The maximum absolute atomic E-state index is 4.41. The molecule has 0 aromatic carbocycles. The number of hydrogen-bond acceptors (Lipinski definition) is 3. The van der Waals surface area contributed by atoms with Gasteiger partial charge in [0.2, 0.25) is 0 Å². The van der Waals surface area contributed by atoms with E-state index in [4.69, 9.17) is 0 Å². The lowest BCUT2D eigenvalue weighted by molar-refractivity contribution is 0.644. The van der Waals surface area contributed by atoms with Crippen LogP contribution in [-0.2, 0) is 0 Å². The van der Waals surface area contributed by atoms with E-state index in [1.807, 2.05) is 26.4 Å². The molecular formula is C11H17N3. The Morgan fingerprint density at radius 1 is 1.50 bits per heavy atom. The number of hydrogen-bond donors (Lipinski definition) is 1. The summed E-state index contributed by atoms with van der Waals surface area (Å²) in [4.78, 5) is 6.49. The monoisotopic (exact) mass is 191 g/mol. The highest BCUT2D eigenvalue weighted by molar-refractivity contribution is 5.47. The van der Waals surface area contributed by atoms with Crippen LogP contribution in [0.25, 0.3) is 0 Å². The zero-order valence-electron chi connectivity index (χ0n) is 8.83. The van der Waals surface area contributed by atoms with E-state index in [2.05, 4.69) is 21.3 Å². The van der Waals surface area contributed by atoms with E-state index in [9.17, 15) is 0 Å². The molecule has 0 radical (unpaired) electrons. The smallest absolute Gasteiger partial charge is 0.132 e. The van der Waals surface area contributed by atoms with Gasteiger partial charge in [-0.15, -0.1) is 0 Å². The first-order chi connectivity index (χ1) is 6.79. The largest absolute Gasteiger partial charge is 0.362 e. The fourth-order valence-electron chi connectivity index (χ4n) is 2.01. The van der Waals surface area contributed by atoms with Crippen molar-refractivity contribution in [3.63, 3.8) is 0 Å². The molecule has 1 N–H and O–H groups in total. The SMILES string of the molecule is CN(C)c1ncccc1C1CCCN1. The van der Waals surface area contributed by atoms with Crippen molar-refractivity contribution < 1.29 is 0 Å². The van der Waals surface area contributed by atoms with Crippen LogP contribution < -0.4 is 10.2 Å². The third-order valence-corrected chi connectivity index (χ3v) is 2.68. The fraction of sp³-hybridized carbons (Fsp3) is 0.545. The van der Waals surface area contributed by atoms with Gasteiger partial charge in [-0.1, -0.05) is 6.07 Å². The predicted molar refractivity (Wildman–Crippen MR) is 58.5 cm³/mol. The Kier molecular flexibility index (Phi) is 2.68. The number of nitrogens with one attached hydrogen (secondary N) is 1. The lowest BCUT2D eigenvalue weighted by Gasteiger charge is -2.19. The van der Waals surface area contributed by atoms with Crippen LogP contribution in [0.15, 0.2) is 18.3 Å². The maximum Gasteiger partial charge on any atom is 0.132 e. The molecule has 3 heteroatoms. The Morgan fingerprint density at radius 2 is 2.36 bits per heavy atom. The van der Waals surface area contributed by atoms with Gasteiger partial charge in [-0.2, -0.15) is 0 Å². The van der Waals surface area contributed by atoms with Gasteiger partial charge in [0.15, 0.2) is 0 Å². The second-order valence-electron chi connectivity index (χ2n) is 3.96. The molecule has 1 aliphatic rings. The van der Waals surface area contributed by atoms with Gasteiger partial charge in [0.1, 0.15) is 5.82 Å². The first-order valence-corrected chi connectivity index (χ1v) is 5.14. The van der Waals surface area contributed by atoms with E-state index in [1.165, 1.54) is 18.4 Å². The van der Waals surface area contributed by atoms with Crippen LogP contribution in [-0.4, -0.2) is 25.6 Å². The van der Waals surface area contributed by atoms with Crippen LogP contribution >= 0.6 is 0 Å². The van der Waals surface area contributed by atoms with Crippen molar-refractivity contribution in [2.45, 2.75) is 18.9 Å². The molecule has 76 valence electrons. The van der Waals surface area contributed by atoms with E-state index in [0.29, 0.717) is 6.04 Å². The van der Waals surface area contributed by atoms with E-state index >= 15 is 0 Å². The minimum Gasteiger partial charge on any atom is -0.362 e. The Bertz CT molecular complexity index is 303. The van der Waals surface area contributed by atoms with Gasteiger partial charge in [-0.25, -0.2) is 4.98 Å². The maximum atomic E-state index is 4.41. The number of anilines is 1. The molecule has 0 bridgehead atoms. The molecule has 0 saturated carbocycles. The van der Waals surface area contributed by atoms with Crippen molar-refractivity contribution >= 4 is 5.82 Å². The number of aromatic nitrogens is 1. The molecule has 2 heterocycles. The van der Waals surface area contributed by atoms with Gasteiger partial charge in [-0.3, -0.25) is 0 Å². The summed E-state index contributed by atoms with van der Waals surface area (Å²) in [7, 11) is 4.08. The van der Waals surface area contributed by atoms with E-state index in [-0.39, 0.29) is 0 Å². The normalized spacial score (nSPS) is 21.1. The molecule has 2 rings (SSSR count). The summed E-state index contributed by atoms with van der Waals surface area (Å²) in [6.45, 7) is 1.13. The summed E-state index contributed by atoms with van der Waals surface area (Å²) < 4.78 is 0. The molecule has 1 fully saturated rings. The average Bonchev–Trinajstić information content (AvgIpc) is 2.70. The van der Waals surface area contributed by atoms with Crippen molar-refractivity contribution in [1.82, 2.24) is 10.3 Å². The van der Waals surface area contributed by atoms with Crippen LogP contribution in [0.3, 0.4) is 0 Å². The summed E-state index contributed by atoms with van der Waals surface area (Å²) in [5.74, 6) is 1.09. The topological polar surface area (TPSA) is 28.2 Å². The van der Waals surface area contributed by atoms with E-state index < -0.39 is 0 Å². The summed E-state index contributed by atoms with van der Waals surface area (Å²) >= 11 is 0. The molecule has 1 atom stereocenters. The Balaban J connectivity index is 2.30. The standard InChI is InChI=1S/C11H17N3/c1-14(2)11-9(5-3-8-13-11)10-6-4-7-12-10/h3,5,8,10,12H,4,6-7H2,1-2H3. The number of pyridine rings is 1. The third kappa shape index (κ3) is 1.73. The van der Waals surface area contributed by atoms with Crippen molar-refractivity contribution in [2.75, 3.05) is 25.5 Å². The predicted octanol–water partition coefficient (Wildman–Crippen LogP) is 1.57. The minimum atomic E-state index is 0.501. The van der Waals surface area contributed by atoms with Gasteiger partial charge in [0, 0.05) is 31.9 Å². The quantitative estimate of drug-likeness (QED) is 0.769. The van der Waals surface area contributed by atoms with Crippen LogP contribution in [0.5, 0.6) is 0 Å². The lowest BCUT2D eigenvalue weighted by Crippen LogP contribution is -2.19. The minimum absolute atomic E-state index is 0.501. The fourth-order valence-corrected chi connectivity index (χ4v) is 2.01. The number of nitrogens with zero attached hydrogens (tertiary/aromatic N) is 2. The molecule has 0 spiro atoms. The van der Waals surface area contributed by atoms with Crippen molar-refractivity contribution in [3.8, 4) is 0 Å². The van der Waals surface area contributed by atoms with Gasteiger partial charge < -0.3 is 10.2 Å².